The molecule has 0 aliphatic heterocycles. The van der Waals surface area contributed by atoms with Gasteiger partial charge in [0.2, 0.25) is 11.9 Å². The second kappa shape index (κ2) is 15.8. The monoisotopic (exact) mass is 666 g/mol. The molecule has 14 heteroatoms. The van der Waals surface area contributed by atoms with Crippen molar-refractivity contribution in [1.29, 1.82) is 0 Å². The van der Waals surface area contributed by atoms with Gasteiger partial charge in [-0.1, -0.05) is 47.5 Å². The van der Waals surface area contributed by atoms with Crippen molar-refractivity contribution in [2.75, 3.05) is 13.1 Å². The highest BCUT2D eigenvalue weighted by Crippen LogP contribution is 2.18. The molecule has 0 atom stereocenters. The van der Waals surface area contributed by atoms with Gasteiger partial charge in [0.15, 0.2) is 11.9 Å². The van der Waals surface area contributed by atoms with Crippen LogP contribution in [-0.2, 0) is 13.1 Å². The first kappa shape index (κ1) is 36.1. The molecule has 3 rings (SSSR count). The minimum atomic E-state index is -0.562. The van der Waals surface area contributed by atoms with E-state index in [0.29, 0.717) is 47.6 Å². The molecule has 46 heavy (non-hydrogen) atoms. The predicted molar refractivity (Wildman–Crippen MR) is 193 cm³/mol. The van der Waals surface area contributed by atoms with Crippen molar-refractivity contribution in [3.63, 3.8) is 0 Å². The third kappa shape index (κ3) is 12.9. The fraction of sp³-hybridized carbons (Fsp3) is 0.312. The smallest absolute Gasteiger partial charge is 0.223 e. The number of halogens is 2. The van der Waals surface area contributed by atoms with Gasteiger partial charge < -0.3 is 44.2 Å². The van der Waals surface area contributed by atoms with Gasteiger partial charge in [0.25, 0.3) is 0 Å². The van der Waals surface area contributed by atoms with Gasteiger partial charge in [0, 0.05) is 47.3 Å². The average Bonchev–Trinajstić information content (AvgIpc) is 2.94. The van der Waals surface area contributed by atoms with E-state index in [9.17, 15) is 0 Å². The SMILES string of the molecule is CC(C)(N)CN(Cc1ccc(CN(CC(C)(C)N)C(N)=NC(N)=Nc2ccc(Cl)cc2)cc1)C(N)=NC(N)=Nc1ccc(Cl)cc1. The Kier molecular flexibility index (Phi) is 12.4. The minimum absolute atomic E-state index is 0.0102. The second-order valence-corrected chi connectivity index (χ2v) is 13.2. The summed E-state index contributed by atoms with van der Waals surface area (Å²) in [6, 6.07) is 21.8. The normalized spacial score (nSPS) is 13.6. The molecule has 0 spiro atoms. The topological polar surface area (TPSA) is 212 Å². The van der Waals surface area contributed by atoms with E-state index in [-0.39, 0.29) is 23.8 Å². The van der Waals surface area contributed by atoms with Crippen LogP contribution in [0, 0.1) is 0 Å². The molecule has 3 aromatic rings. The number of hydrogen-bond donors (Lipinski definition) is 6. The van der Waals surface area contributed by atoms with E-state index in [1.807, 2.05) is 61.8 Å². The minimum Gasteiger partial charge on any atom is -0.369 e. The Morgan fingerprint density at radius 3 is 1.15 bits per heavy atom. The largest absolute Gasteiger partial charge is 0.369 e. The molecule has 0 saturated carbocycles. The lowest BCUT2D eigenvalue weighted by atomic mass is 10.0. The molecule has 0 unspecified atom stereocenters. The molecule has 0 aromatic heterocycles. The highest BCUT2D eigenvalue weighted by atomic mass is 35.5. The second-order valence-electron chi connectivity index (χ2n) is 12.3. The maximum absolute atomic E-state index is 6.40. The zero-order valence-electron chi connectivity index (χ0n) is 26.7. The van der Waals surface area contributed by atoms with Crippen LogP contribution in [0.2, 0.25) is 10.0 Å². The van der Waals surface area contributed by atoms with Crippen LogP contribution in [0.15, 0.2) is 92.8 Å². The van der Waals surface area contributed by atoms with Crippen molar-refractivity contribution < 1.29 is 0 Å². The quantitative estimate of drug-likeness (QED) is 0.137. The van der Waals surface area contributed by atoms with Crippen LogP contribution in [-0.4, -0.2) is 57.8 Å². The number of guanidine groups is 4. The van der Waals surface area contributed by atoms with E-state index < -0.39 is 11.1 Å². The summed E-state index contributed by atoms with van der Waals surface area (Å²) < 4.78 is 0. The zero-order valence-corrected chi connectivity index (χ0v) is 28.2. The van der Waals surface area contributed by atoms with E-state index in [0.717, 1.165) is 11.1 Å². The van der Waals surface area contributed by atoms with Crippen LogP contribution in [0.1, 0.15) is 38.8 Å². The van der Waals surface area contributed by atoms with Gasteiger partial charge >= 0.3 is 0 Å². The summed E-state index contributed by atoms with van der Waals surface area (Å²) in [7, 11) is 0. The van der Waals surface area contributed by atoms with E-state index in [2.05, 4.69) is 20.0 Å². The Bertz CT molecular complexity index is 1430. The first-order valence-corrected chi connectivity index (χ1v) is 15.2. The molecule has 0 radical (unpaired) electrons. The van der Waals surface area contributed by atoms with Gasteiger partial charge in [-0.3, -0.25) is 0 Å². The van der Waals surface area contributed by atoms with Crippen molar-refractivity contribution in [3.05, 3.63) is 94.0 Å². The molecule has 0 aliphatic rings. The van der Waals surface area contributed by atoms with Crippen molar-refractivity contribution in [2.45, 2.75) is 51.9 Å². The maximum atomic E-state index is 6.40. The Morgan fingerprint density at radius 1 is 0.565 bits per heavy atom. The molecule has 12 N–H and O–H groups in total. The molecule has 0 aliphatic carbocycles. The number of rotatable bonds is 10. The number of aliphatic imine (C=N–C) groups is 4. The van der Waals surface area contributed by atoms with Gasteiger partial charge in [-0.05, 0) is 87.4 Å². The third-order valence-electron chi connectivity index (χ3n) is 6.21. The fourth-order valence-electron chi connectivity index (χ4n) is 4.33. The molecule has 12 nitrogen and oxygen atoms in total. The van der Waals surface area contributed by atoms with Gasteiger partial charge in [0.1, 0.15) is 0 Å². The highest BCUT2D eigenvalue weighted by molar-refractivity contribution is 6.30. The Labute approximate surface area is 280 Å². The van der Waals surface area contributed by atoms with Crippen LogP contribution in [0.25, 0.3) is 0 Å². The van der Waals surface area contributed by atoms with E-state index in [4.69, 9.17) is 57.6 Å². The van der Waals surface area contributed by atoms with Gasteiger partial charge in [-0.25, -0.2) is 9.98 Å². The van der Waals surface area contributed by atoms with Crippen LogP contribution in [0.4, 0.5) is 11.4 Å². The molecule has 246 valence electrons. The van der Waals surface area contributed by atoms with E-state index in [1.165, 1.54) is 0 Å². The van der Waals surface area contributed by atoms with Crippen LogP contribution >= 0.6 is 23.2 Å². The molecule has 0 bridgehead atoms. The standard InChI is InChI=1S/C32H44Cl2N12/c1-31(2,39)19-45(29(37)43-27(35)41-25-13-9-23(33)10-14-25)17-21-5-7-22(8-6-21)18-46(20-32(3,4)40)30(38)44-28(36)42-26-15-11-24(34)12-16-26/h5-16H,17-20,39-40H2,1-4H3,(H4,35,37,41,43)(H4,36,38,42,44). The molecule has 0 heterocycles. The van der Waals surface area contributed by atoms with Gasteiger partial charge in [-0.2, -0.15) is 9.98 Å². The summed E-state index contributed by atoms with van der Waals surface area (Å²) >= 11 is 11.9. The Hall–Kier alpha value is -4.36. The van der Waals surface area contributed by atoms with Crippen LogP contribution in [0.3, 0.4) is 0 Å². The van der Waals surface area contributed by atoms with Crippen molar-refractivity contribution >= 4 is 58.4 Å². The van der Waals surface area contributed by atoms with Crippen LogP contribution in [0.5, 0.6) is 0 Å². The molecule has 0 amide bonds. The lowest BCUT2D eigenvalue weighted by molar-refractivity contribution is 0.319. The molecular formula is C32H44Cl2N12. The molecular weight excluding hydrogens is 623 g/mol. The number of hydrogen-bond acceptors (Lipinski definition) is 4. The fourth-order valence-corrected chi connectivity index (χ4v) is 4.58. The van der Waals surface area contributed by atoms with Gasteiger partial charge in [0.05, 0.1) is 11.4 Å². The molecule has 3 aromatic carbocycles. The first-order chi connectivity index (χ1) is 21.5. The van der Waals surface area contributed by atoms with Crippen molar-refractivity contribution in [2.24, 2.45) is 54.4 Å². The molecule has 0 saturated heterocycles. The van der Waals surface area contributed by atoms with Crippen molar-refractivity contribution in [3.8, 4) is 0 Å². The summed E-state index contributed by atoms with van der Waals surface area (Å²) in [6.45, 7) is 9.35. The number of nitrogens with zero attached hydrogens (tertiary/aromatic N) is 6. The molecule has 0 fully saturated rings. The highest BCUT2D eigenvalue weighted by Gasteiger charge is 2.21. The Morgan fingerprint density at radius 2 is 0.870 bits per heavy atom. The lowest BCUT2D eigenvalue weighted by Crippen LogP contribution is -2.50. The zero-order chi connectivity index (χ0) is 34.1. The van der Waals surface area contributed by atoms with Crippen molar-refractivity contribution in [1.82, 2.24) is 9.80 Å². The Balaban J connectivity index is 1.79. The summed E-state index contributed by atoms with van der Waals surface area (Å²) in [4.78, 5) is 21.0. The summed E-state index contributed by atoms with van der Waals surface area (Å²) in [6.07, 6.45) is 0. The summed E-state index contributed by atoms with van der Waals surface area (Å²) in [5.41, 5.74) is 39.7. The maximum Gasteiger partial charge on any atom is 0.223 e. The average molecular weight is 668 g/mol. The van der Waals surface area contributed by atoms with E-state index in [1.54, 1.807) is 48.5 Å². The number of benzene rings is 3. The first-order valence-electron chi connectivity index (χ1n) is 14.5. The third-order valence-corrected chi connectivity index (χ3v) is 6.72. The van der Waals surface area contributed by atoms with Gasteiger partial charge in [-0.15, -0.1) is 0 Å². The van der Waals surface area contributed by atoms with E-state index >= 15 is 0 Å². The summed E-state index contributed by atoms with van der Waals surface area (Å²) in [5.74, 6) is 0.402. The predicted octanol–water partition coefficient (Wildman–Crippen LogP) is 3.99. The number of nitrogens with two attached hydrogens (primary N) is 6. The lowest BCUT2D eigenvalue weighted by Gasteiger charge is -2.31. The van der Waals surface area contributed by atoms with Crippen LogP contribution < -0.4 is 34.4 Å². The summed E-state index contributed by atoms with van der Waals surface area (Å²) in [5, 5.41) is 1.19.